The number of aryl methyl sites for hydroxylation is 1. The van der Waals surface area contributed by atoms with E-state index in [1.165, 1.54) is 16.9 Å². The summed E-state index contributed by atoms with van der Waals surface area (Å²) in [5.41, 5.74) is 3.70. The van der Waals surface area contributed by atoms with Gasteiger partial charge in [0.05, 0.1) is 23.9 Å². The van der Waals surface area contributed by atoms with Crippen molar-refractivity contribution in [2.45, 2.75) is 25.9 Å². The summed E-state index contributed by atoms with van der Waals surface area (Å²) in [5.74, 6) is 0.575. The summed E-state index contributed by atoms with van der Waals surface area (Å²) in [6, 6.07) is 8.22. The second-order valence-corrected chi connectivity index (χ2v) is 7.45. The molecule has 5 nitrogen and oxygen atoms in total. The molecular formula is C19H21N3O2S. The van der Waals surface area contributed by atoms with Crippen molar-refractivity contribution in [2.24, 2.45) is 0 Å². The van der Waals surface area contributed by atoms with Crippen LogP contribution in [0.15, 0.2) is 35.4 Å². The van der Waals surface area contributed by atoms with Crippen LogP contribution < -0.4 is 0 Å². The Morgan fingerprint density at radius 3 is 2.88 bits per heavy atom. The van der Waals surface area contributed by atoms with Crippen LogP contribution in [0.4, 0.5) is 0 Å². The first-order valence-electron chi connectivity index (χ1n) is 8.52. The molecule has 0 aliphatic carbocycles. The van der Waals surface area contributed by atoms with Crippen LogP contribution in [0, 0.1) is 12.3 Å². The number of nitrogens with one attached hydrogen (secondary N) is 1. The minimum absolute atomic E-state index is 0.159. The van der Waals surface area contributed by atoms with Gasteiger partial charge in [0.25, 0.3) is 0 Å². The van der Waals surface area contributed by atoms with E-state index in [-0.39, 0.29) is 11.9 Å². The molecule has 2 aliphatic heterocycles. The molecule has 130 valence electrons. The predicted molar refractivity (Wildman–Crippen MR) is 100 cm³/mol. The van der Waals surface area contributed by atoms with E-state index in [1.54, 1.807) is 0 Å². The smallest absolute Gasteiger partial charge is 0.135 e. The number of hydrogen-bond donors (Lipinski definition) is 2. The summed E-state index contributed by atoms with van der Waals surface area (Å²) in [4.78, 5) is 6.54. The molecule has 6 heteroatoms. The molecule has 0 saturated carbocycles. The lowest BCUT2D eigenvalue weighted by molar-refractivity contribution is 0.0924. The van der Waals surface area contributed by atoms with Gasteiger partial charge in [0.15, 0.2) is 0 Å². The highest BCUT2D eigenvalue weighted by atomic mass is 32.1. The van der Waals surface area contributed by atoms with Crippen LogP contribution in [0.1, 0.15) is 23.4 Å². The third-order valence-electron chi connectivity index (χ3n) is 4.70. The fraction of sp³-hybridized carbons (Fsp3) is 0.368. The first-order chi connectivity index (χ1) is 12.1. The molecule has 2 N–H and O–H groups in total. The predicted octanol–water partition coefficient (Wildman–Crippen LogP) is 3.86. The van der Waals surface area contributed by atoms with Crippen molar-refractivity contribution in [1.29, 1.82) is 5.41 Å². The molecule has 1 aromatic carbocycles. The quantitative estimate of drug-likeness (QED) is 0.874. The van der Waals surface area contributed by atoms with Crippen LogP contribution in [0.25, 0.3) is 16.8 Å². The van der Waals surface area contributed by atoms with E-state index < -0.39 is 0 Å². The summed E-state index contributed by atoms with van der Waals surface area (Å²) in [6.45, 7) is 3.88. The van der Waals surface area contributed by atoms with Gasteiger partial charge in [0.2, 0.25) is 0 Å². The number of nitrogens with zero attached hydrogens (tertiary/aromatic N) is 2. The number of hydrogen-bond acceptors (Lipinski definition) is 5. The fourth-order valence-corrected chi connectivity index (χ4v) is 4.19. The monoisotopic (exact) mass is 355 g/mol. The summed E-state index contributed by atoms with van der Waals surface area (Å²) in [6.07, 6.45) is 2.26. The van der Waals surface area contributed by atoms with E-state index in [2.05, 4.69) is 24.0 Å². The maximum atomic E-state index is 10.4. The van der Waals surface area contributed by atoms with E-state index in [1.807, 2.05) is 22.4 Å². The Hall–Kier alpha value is -2.18. The summed E-state index contributed by atoms with van der Waals surface area (Å²) < 4.78 is 5.66. The number of amidine groups is 1. The van der Waals surface area contributed by atoms with Gasteiger partial charge >= 0.3 is 0 Å². The first kappa shape index (κ1) is 16.3. The Morgan fingerprint density at radius 2 is 2.16 bits per heavy atom. The Morgan fingerprint density at radius 1 is 1.36 bits per heavy atom. The molecule has 0 radical (unpaired) electrons. The van der Waals surface area contributed by atoms with Gasteiger partial charge < -0.3 is 14.7 Å². The standard InChI is InChI=1S/C19H21N3O2S/c1-12-4-6-13(7-5-12)15-11-25-19(21-15)17-16(23)10-22(18(17)20)9-14-3-2-8-24-14/h4-7,11,14,20,23H,2-3,8-10H2,1H3/t14-/m1/s1. The lowest BCUT2D eigenvalue weighted by Crippen LogP contribution is -2.34. The lowest BCUT2D eigenvalue weighted by Gasteiger charge is -2.21. The van der Waals surface area contributed by atoms with Crippen molar-refractivity contribution < 1.29 is 9.84 Å². The third-order valence-corrected chi connectivity index (χ3v) is 5.56. The van der Waals surface area contributed by atoms with Crippen LogP contribution in [0.3, 0.4) is 0 Å². The second kappa shape index (κ2) is 6.61. The highest BCUT2D eigenvalue weighted by Crippen LogP contribution is 2.32. The van der Waals surface area contributed by atoms with Crippen molar-refractivity contribution in [3.05, 3.63) is 46.0 Å². The molecule has 1 fully saturated rings. The lowest BCUT2D eigenvalue weighted by atomic mass is 10.1. The van der Waals surface area contributed by atoms with Gasteiger partial charge in [-0.2, -0.15) is 0 Å². The molecule has 2 aliphatic rings. The van der Waals surface area contributed by atoms with E-state index in [4.69, 9.17) is 10.1 Å². The Labute approximate surface area is 151 Å². The van der Waals surface area contributed by atoms with E-state index in [0.29, 0.717) is 29.5 Å². The minimum Gasteiger partial charge on any atom is -0.510 e. The van der Waals surface area contributed by atoms with Crippen molar-refractivity contribution >= 4 is 22.7 Å². The van der Waals surface area contributed by atoms with Crippen LogP contribution in [0.5, 0.6) is 0 Å². The molecule has 1 saturated heterocycles. The Kier molecular flexibility index (Phi) is 4.31. The van der Waals surface area contributed by atoms with Crippen LogP contribution >= 0.6 is 11.3 Å². The zero-order valence-electron chi connectivity index (χ0n) is 14.2. The summed E-state index contributed by atoms with van der Waals surface area (Å²) >= 11 is 1.47. The number of thiazole rings is 1. The van der Waals surface area contributed by atoms with Gasteiger partial charge in [-0.1, -0.05) is 29.8 Å². The van der Waals surface area contributed by atoms with Crippen molar-refractivity contribution in [3.63, 3.8) is 0 Å². The molecule has 1 aromatic heterocycles. The number of rotatable bonds is 4. The molecule has 3 heterocycles. The second-order valence-electron chi connectivity index (χ2n) is 6.59. The largest absolute Gasteiger partial charge is 0.510 e. The highest BCUT2D eigenvalue weighted by molar-refractivity contribution is 7.11. The SMILES string of the molecule is Cc1ccc(-c2csc(C3=C(O)CN(C[C@H]4CCCO4)C3=N)n2)cc1. The molecule has 2 aromatic rings. The molecule has 0 amide bonds. The number of benzene rings is 1. The molecule has 1 atom stereocenters. The van der Waals surface area contributed by atoms with Crippen LogP contribution in [-0.2, 0) is 4.74 Å². The zero-order valence-corrected chi connectivity index (χ0v) is 15.0. The first-order valence-corrected chi connectivity index (χ1v) is 9.40. The zero-order chi connectivity index (χ0) is 17.4. The summed E-state index contributed by atoms with van der Waals surface area (Å²) in [7, 11) is 0. The normalized spacial score (nSPS) is 20.8. The Balaban J connectivity index is 1.54. The molecule has 0 unspecified atom stereocenters. The van der Waals surface area contributed by atoms with Gasteiger partial charge in [-0.25, -0.2) is 4.98 Å². The minimum atomic E-state index is 0.159. The van der Waals surface area contributed by atoms with E-state index in [0.717, 1.165) is 30.7 Å². The molecule has 4 rings (SSSR count). The van der Waals surface area contributed by atoms with Crippen molar-refractivity contribution in [2.75, 3.05) is 19.7 Å². The van der Waals surface area contributed by atoms with Gasteiger partial charge in [-0.3, -0.25) is 5.41 Å². The van der Waals surface area contributed by atoms with Gasteiger partial charge in [-0.15, -0.1) is 11.3 Å². The Bertz CT molecular complexity index is 819. The van der Waals surface area contributed by atoms with Crippen LogP contribution in [0.2, 0.25) is 0 Å². The molecule has 25 heavy (non-hydrogen) atoms. The summed E-state index contributed by atoms with van der Waals surface area (Å²) in [5, 5.41) is 21.5. The van der Waals surface area contributed by atoms with Gasteiger partial charge in [-0.05, 0) is 19.8 Å². The third kappa shape index (κ3) is 3.19. The number of aromatic nitrogens is 1. The van der Waals surface area contributed by atoms with Crippen molar-refractivity contribution in [3.8, 4) is 11.3 Å². The average Bonchev–Trinajstić information content (AvgIpc) is 3.31. The van der Waals surface area contributed by atoms with E-state index in [9.17, 15) is 5.11 Å². The van der Waals surface area contributed by atoms with Crippen LogP contribution in [-0.4, -0.2) is 46.6 Å². The highest BCUT2D eigenvalue weighted by Gasteiger charge is 2.32. The number of ether oxygens (including phenoxy) is 1. The van der Waals surface area contributed by atoms with E-state index >= 15 is 0 Å². The van der Waals surface area contributed by atoms with Gasteiger partial charge in [0, 0.05) is 24.1 Å². The van der Waals surface area contributed by atoms with Crippen molar-refractivity contribution in [1.82, 2.24) is 9.88 Å². The number of aliphatic hydroxyl groups excluding tert-OH is 1. The van der Waals surface area contributed by atoms with Gasteiger partial charge in [0.1, 0.15) is 16.6 Å². The molecule has 0 bridgehead atoms. The molecular weight excluding hydrogens is 334 g/mol. The fourth-order valence-electron chi connectivity index (χ4n) is 3.29. The topological polar surface area (TPSA) is 69.4 Å². The average molecular weight is 355 g/mol. The maximum absolute atomic E-state index is 10.4. The maximum Gasteiger partial charge on any atom is 0.135 e. The molecule has 0 spiro atoms. The number of aliphatic hydroxyl groups is 1.